The zero-order valence-electron chi connectivity index (χ0n) is 15.9. The molecular weight excluding hydrogens is 437 g/mol. The number of rotatable bonds is 2. The Bertz CT molecular complexity index is 967. The molecular formula is C22H21BrFN3O2. The van der Waals surface area contributed by atoms with Gasteiger partial charge in [-0.3, -0.25) is 4.79 Å². The molecule has 0 aromatic heterocycles. The van der Waals surface area contributed by atoms with Crippen LogP contribution in [-0.2, 0) is 11.3 Å². The minimum atomic E-state index is -0.412. The van der Waals surface area contributed by atoms with Crippen molar-refractivity contribution in [2.24, 2.45) is 5.92 Å². The molecule has 150 valence electrons. The van der Waals surface area contributed by atoms with Crippen LogP contribution in [-0.4, -0.2) is 37.0 Å². The summed E-state index contributed by atoms with van der Waals surface area (Å²) in [6, 6.07) is 12.2. The van der Waals surface area contributed by atoms with E-state index in [0.717, 1.165) is 21.5 Å². The third kappa shape index (κ3) is 4.08. The van der Waals surface area contributed by atoms with Crippen molar-refractivity contribution in [3.63, 3.8) is 0 Å². The number of hydrogen-bond acceptors (Lipinski definition) is 4. The molecule has 0 aliphatic carbocycles. The second kappa shape index (κ2) is 8.42. The fraction of sp³-hybridized carbons (Fsp3) is 0.364. The summed E-state index contributed by atoms with van der Waals surface area (Å²) in [5.41, 5.74) is 2.07. The number of halogens is 2. The molecule has 2 heterocycles. The molecule has 1 amide bonds. The molecule has 0 atom stereocenters. The Hall–Kier alpha value is -2.59. The molecule has 0 radical (unpaired) electrons. The van der Waals surface area contributed by atoms with Gasteiger partial charge in [-0.05, 0) is 43.2 Å². The van der Waals surface area contributed by atoms with Gasteiger partial charge in [-0.15, -0.1) is 0 Å². The average Bonchev–Trinajstić information content (AvgIpc) is 2.97. The summed E-state index contributed by atoms with van der Waals surface area (Å²) in [5.74, 6) is 0.507. The van der Waals surface area contributed by atoms with Crippen molar-refractivity contribution in [1.82, 2.24) is 4.90 Å². The van der Waals surface area contributed by atoms with Gasteiger partial charge in [0.25, 0.3) is 0 Å². The van der Waals surface area contributed by atoms with E-state index in [1.165, 1.54) is 12.1 Å². The molecule has 0 N–H and O–H groups in total. The molecule has 7 heteroatoms. The standard InChI is InChI=1S/C22H21BrFN3O2/c23-19-2-1-3-21-18(19)14-27(10-11-29-21)22(28)15-6-8-26(9-7-15)20-5-4-17(24)12-16(20)13-25/h1-5,12,15H,6-11,14H2. The van der Waals surface area contributed by atoms with Crippen LogP contribution in [0.1, 0.15) is 24.0 Å². The maximum atomic E-state index is 13.4. The Balaban J connectivity index is 1.43. The summed E-state index contributed by atoms with van der Waals surface area (Å²) in [5, 5.41) is 9.29. The van der Waals surface area contributed by atoms with Gasteiger partial charge in [0.15, 0.2) is 0 Å². The highest BCUT2D eigenvalue weighted by molar-refractivity contribution is 9.10. The number of piperidine rings is 1. The van der Waals surface area contributed by atoms with Crippen LogP contribution in [0.2, 0.25) is 0 Å². The SMILES string of the molecule is N#Cc1cc(F)ccc1N1CCC(C(=O)N2CCOc3cccc(Br)c3C2)CC1. The molecule has 29 heavy (non-hydrogen) atoms. The number of carbonyl (C=O) groups excluding carboxylic acids is 1. The number of anilines is 1. The second-order valence-corrected chi connectivity index (χ2v) is 8.21. The van der Waals surface area contributed by atoms with Crippen molar-refractivity contribution >= 4 is 27.5 Å². The highest BCUT2D eigenvalue weighted by atomic mass is 79.9. The summed E-state index contributed by atoms with van der Waals surface area (Å²) in [4.78, 5) is 17.1. The Kier molecular flexibility index (Phi) is 5.72. The van der Waals surface area contributed by atoms with E-state index in [9.17, 15) is 14.4 Å². The minimum absolute atomic E-state index is 0.0544. The topological polar surface area (TPSA) is 56.6 Å². The number of carbonyl (C=O) groups is 1. The zero-order chi connectivity index (χ0) is 20.4. The van der Waals surface area contributed by atoms with Gasteiger partial charge in [0, 0.05) is 29.0 Å². The van der Waals surface area contributed by atoms with Crippen LogP contribution in [0.5, 0.6) is 5.75 Å². The predicted octanol–water partition coefficient (Wildman–Crippen LogP) is 4.10. The molecule has 2 aromatic carbocycles. The molecule has 0 bridgehead atoms. The lowest BCUT2D eigenvalue weighted by atomic mass is 9.94. The van der Waals surface area contributed by atoms with E-state index in [2.05, 4.69) is 26.9 Å². The fourth-order valence-electron chi connectivity index (χ4n) is 4.05. The van der Waals surface area contributed by atoms with Gasteiger partial charge in [-0.1, -0.05) is 22.0 Å². The number of ether oxygens (including phenoxy) is 1. The quantitative estimate of drug-likeness (QED) is 0.680. The molecule has 1 saturated heterocycles. The smallest absolute Gasteiger partial charge is 0.226 e. The van der Waals surface area contributed by atoms with E-state index < -0.39 is 5.82 Å². The van der Waals surface area contributed by atoms with Gasteiger partial charge in [0.05, 0.1) is 24.3 Å². The molecule has 5 nitrogen and oxygen atoms in total. The van der Waals surface area contributed by atoms with Crippen molar-refractivity contribution in [3.8, 4) is 11.8 Å². The Labute approximate surface area is 177 Å². The fourth-order valence-corrected chi connectivity index (χ4v) is 4.52. The molecule has 0 unspecified atom stereocenters. The monoisotopic (exact) mass is 457 g/mol. The van der Waals surface area contributed by atoms with Gasteiger partial charge in [-0.2, -0.15) is 5.26 Å². The first-order valence-corrected chi connectivity index (χ1v) is 10.5. The number of hydrogen-bond donors (Lipinski definition) is 0. The van der Waals surface area contributed by atoms with E-state index in [0.29, 0.717) is 51.2 Å². The third-order valence-corrected chi connectivity index (χ3v) is 6.36. The van der Waals surface area contributed by atoms with Crippen LogP contribution in [0.4, 0.5) is 10.1 Å². The number of nitriles is 1. The van der Waals surface area contributed by atoms with Crippen molar-refractivity contribution in [1.29, 1.82) is 5.26 Å². The Morgan fingerprint density at radius 2 is 2.00 bits per heavy atom. The molecule has 2 aliphatic heterocycles. The Morgan fingerprint density at radius 3 is 2.76 bits per heavy atom. The number of fused-ring (bicyclic) bond motifs is 1. The predicted molar refractivity (Wildman–Crippen MR) is 111 cm³/mol. The van der Waals surface area contributed by atoms with Crippen LogP contribution in [0.3, 0.4) is 0 Å². The van der Waals surface area contributed by atoms with Gasteiger partial charge < -0.3 is 14.5 Å². The van der Waals surface area contributed by atoms with Gasteiger partial charge in [0.2, 0.25) is 5.91 Å². The van der Waals surface area contributed by atoms with Crippen LogP contribution >= 0.6 is 15.9 Å². The minimum Gasteiger partial charge on any atom is -0.491 e. The van der Waals surface area contributed by atoms with Crippen molar-refractivity contribution < 1.29 is 13.9 Å². The molecule has 1 fully saturated rings. The van der Waals surface area contributed by atoms with Crippen molar-refractivity contribution in [2.45, 2.75) is 19.4 Å². The normalized spacial score (nSPS) is 17.1. The van der Waals surface area contributed by atoms with E-state index in [1.807, 2.05) is 23.1 Å². The summed E-state index contributed by atoms with van der Waals surface area (Å²) in [6.07, 6.45) is 1.42. The van der Waals surface area contributed by atoms with Gasteiger partial charge >= 0.3 is 0 Å². The van der Waals surface area contributed by atoms with Crippen LogP contribution in [0.15, 0.2) is 40.9 Å². The summed E-state index contributed by atoms with van der Waals surface area (Å²) in [6.45, 7) is 2.92. The number of nitrogens with zero attached hydrogens (tertiary/aromatic N) is 3. The molecule has 0 spiro atoms. The number of amides is 1. The summed E-state index contributed by atoms with van der Waals surface area (Å²) < 4.78 is 20.2. The average molecular weight is 458 g/mol. The second-order valence-electron chi connectivity index (χ2n) is 7.36. The van der Waals surface area contributed by atoms with Crippen molar-refractivity contribution in [2.75, 3.05) is 31.1 Å². The molecule has 2 aromatic rings. The number of benzene rings is 2. The van der Waals surface area contributed by atoms with E-state index in [4.69, 9.17) is 4.74 Å². The van der Waals surface area contributed by atoms with E-state index >= 15 is 0 Å². The summed E-state index contributed by atoms with van der Waals surface area (Å²) in [7, 11) is 0. The first-order valence-electron chi connectivity index (χ1n) is 9.70. The largest absolute Gasteiger partial charge is 0.491 e. The highest BCUT2D eigenvalue weighted by Gasteiger charge is 2.31. The van der Waals surface area contributed by atoms with Crippen LogP contribution in [0, 0.1) is 23.1 Å². The first kappa shape index (κ1) is 19.7. The first-order chi connectivity index (χ1) is 14.1. The highest BCUT2D eigenvalue weighted by Crippen LogP contribution is 2.32. The lowest BCUT2D eigenvalue weighted by molar-refractivity contribution is -0.137. The summed E-state index contributed by atoms with van der Waals surface area (Å²) >= 11 is 3.56. The Morgan fingerprint density at radius 1 is 1.21 bits per heavy atom. The molecule has 4 rings (SSSR count). The van der Waals surface area contributed by atoms with Crippen LogP contribution < -0.4 is 9.64 Å². The van der Waals surface area contributed by atoms with Crippen LogP contribution in [0.25, 0.3) is 0 Å². The lowest BCUT2D eigenvalue weighted by Crippen LogP contribution is -2.43. The lowest BCUT2D eigenvalue weighted by Gasteiger charge is -2.35. The zero-order valence-corrected chi connectivity index (χ0v) is 17.5. The van der Waals surface area contributed by atoms with E-state index in [-0.39, 0.29) is 11.8 Å². The van der Waals surface area contributed by atoms with Gasteiger partial charge in [-0.25, -0.2) is 4.39 Å². The van der Waals surface area contributed by atoms with Crippen molar-refractivity contribution in [3.05, 3.63) is 57.8 Å². The maximum absolute atomic E-state index is 13.4. The van der Waals surface area contributed by atoms with Gasteiger partial charge in [0.1, 0.15) is 24.2 Å². The molecule has 2 aliphatic rings. The third-order valence-electron chi connectivity index (χ3n) is 5.62. The maximum Gasteiger partial charge on any atom is 0.226 e. The molecule has 0 saturated carbocycles. The van der Waals surface area contributed by atoms with E-state index in [1.54, 1.807) is 6.07 Å².